The van der Waals surface area contributed by atoms with Crippen molar-refractivity contribution in [1.82, 2.24) is 14.9 Å². The van der Waals surface area contributed by atoms with Gasteiger partial charge in [-0.1, -0.05) is 0 Å². The molecule has 0 atom stereocenters. The van der Waals surface area contributed by atoms with Crippen LogP contribution in [0.2, 0.25) is 0 Å². The molecule has 20 heavy (non-hydrogen) atoms. The summed E-state index contributed by atoms with van der Waals surface area (Å²) < 4.78 is 5.34. The largest absolute Gasteiger partial charge is 0.475 e. The lowest BCUT2D eigenvalue weighted by Gasteiger charge is -2.40. The van der Waals surface area contributed by atoms with Gasteiger partial charge in [0.1, 0.15) is 18.8 Å². The van der Waals surface area contributed by atoms with Crippen molar-refractivity contribution in [3.63, 3.8) is 0 Å². The third-order valence-electron chi connectivity index (χ3n) is 3.42. The fraction of sp³-hybridized carbons (Fsp3) is 0.615. The van der Waals surface area contributed by atoms with E-state index in [1.54, 1.807) is 6.07 Å². The van der Waals surface area contributed by atoms with Crippen molar-refractivity contribution >= 4 is 11.8 Å². The molecule has 1 fully saturated rings. The molecule has 2 aliphatic rings. The van der Waals surface area contributed by atoms with Crippen molar-refractivity contribution in [2.75, 3.05) is 44.3 Å². The van der Waals surface area contributed by atoms with E-state index < -0.39 is 0 Å². The Morgan fingerprint density at radius 3 is 3.00 bits per heavy atom. The Labute approximate surface area is 117 Å². The number of guanidine groups is 1. The van der Waals surface area contributed by atoms with Crippen LogP contribution in [0.5, 0.6) is 5.88 Å². The van der Waals surface area contributed by atoms with Crippen LogP contribution in [-0.2, 0) is 0 Å². The van der Waals surface area contributed by atoms with E-state index in [2.05, 4.69) is 24.8 Å². The fourth-order valence-corrected chi connectivity index (χ4v) is 2.55. The average molecular weight is 277 g/mol. The molecule has 0 bridgehead atoms. The summed E-state index contributed by atoms with van der Waals surface area (Å²) in [6.07, 6.45) is 3.70. The zero-order valence-corrected chi connectivity index (χ0v) is 11.4. The van der Waals surface area contributed by atoms with Crippen LogP contribution in [0.1, 0.15) is 12.8 Å². The molecule has 0 amide bonds. The van der Waals surface area contributed by atoms with E-state index >= 15 is 0 Å². The van der Waals surface area contributed by atoms with Gasteiger partial charge in [-0.2, -0.15) is 0 Å². The Kier molecular flexibility index (Phi) is 3.96. The van der Waals surface area contributed by atoms with Gasteiger partial charge in [0.2, 0.25) is 11.8 Å². The van der Waals surface area contributed by atoms with Crippen molar-refractivity contribution in [1.29, 1.82) is 0 Å². The molecule has 3 heterocycles. The van der Waals surface area contributed by atoms with E-state index in [1.807, 2.05) is 0 Å². The predicted octanol–water partition coefficient (Wildman–Crippen LogP) is 0.119. The van der Waals surface area contributed by atoms with Gasteiger partial charge in [-0.15, -0.1) is 0 Å². The van der Waals surface area contributed by atoms with Crippen LogP contribution in [0.25, 0.3) is 0 Å². The minimum absolute atomic E-state index is 0.0243. The van der Waals surface area contributed by atoms with Gasteiger partial charge >= 0.3 is 0 Å². The monoisotopic (exact) mass is 277 g/mol. The molecule has 0 unspecified atom stereocenters. The third-order valence-corrected chi connectivity index (χ3v) is 3.42. The number of anilines is 1. The molecule has 0 radical (unpaired) electrons. The second-order valence-corrected chi connectivity index (χ2v) is 4.81. The van der Waals surface area contributed by atoms with E-state index in [-0.39, 0.29) is 13.2 Å². The molecular formula is C13H19N5O2. The van der Waals surface area contributed by atoms with Crippen LogP contribution in [0.15, 0.2) is 17.4 Å². The summed E-state index contributed by atoms with van der Waals surface area (Å²) in [6.45, 7) is 4.13. The zero-order chi connectivity index (χ0) is 13.8. The normalized spacial score (nSPS) is 18.6. The molecule has 7 heteroatoms. The molecule has 0 aliphatic carbocycles. The average Bonchev–Trinajstić information content (AvgIpc) is 2.52. The van der Waals surface area contributed by atoms with Crippen molar-refractivity contribution < 1.29 is 9.84 Å². The number of aliphatic hydroxyl groups is 1. The summed E-state index contributed by atoms with van der Waals surface area (Å²) in [5, 5.41) is 8.80. The van der Waals surface area contributed by atoms with Crippen LogP contribution < -0.4 is 9.64 Å². The minimum Gasteiger partial charge on any atom is -0.475 e. The first kappa shape index (κ1) is 13.1. The molecule has 2 aliphatic heterocycles. The van der Waals surface area contributed by atoms with Crippen molar-refractivity contribution in [2.24, 2.45) is 4.99 Å². The minimum atomic E-state index is -0.0243. The van der Waals surface area contributed by atoms with Gasteiger partial charge in [0.05, 0.1) is 6.61 Å². The predicted molar refractivity (Wildman–Crippen MR) is 75.1 cm³/mol. The van der Waals surface area contributed by atoms with Gasteiger partial charge in [0.25, 0.3) is 0 Å². The maximum Gasteiger partial charge on any atom is 0.218 e. The van der Waals surface area contributed by atoms with Crippen LogP contribution in [0, 0.1) is 0 Å². The number of hydrogen-bond acceptors (Lipinski definition) is 7. The Bertz CT molecular complexity index is 493. The highest BCUT2D eigenvalue weighted by atomic mass is 16.5. The van der Waals surface area contributed by atoms with Gasteiger partial charge in [0, 0.05) is 32.2 Å². The maximum atomic E-state index is 8.80. The molecule has 0 aromatic carbocycles. The first-order valence-electron chi connectivity index (χ1n) is 7.01. The number of ether oxygens (including phenoxy) is 1. The van der Waals surface area contributed by atoms with E-state index in [9.17, 15) is 0 Å². The molecule has 1 saturated heterocycles. The highest BCUT2D eigenvalue weighted by Gasteiger charge is 2.27. The number of hydrogen-bond donors (Lipinski definition) is 1. The lowest BCUT2D eigenvalue weighted by molar-refractivity contribution is 0.196. The summed E-state index contributed by atoms with van der Waals surface area (Å²) in [5.74, 6) is 2.30. The number of aliphatic imine (C=N–C) groups is 1. The quantitative estimate of drug-likeness (QED) is 0.842. The van der Waals surface area contributed by atoms with E-state index in [4.69, 9.17) is 9.84 Å². The molecule has 108 valence electrons. The maximum absolute atomic E-state index is 8.80. The highest BCUT2D eigenvalue weighted by Crippen LogP contribution is 2.22. The number of aliphatic hydroxyl groups excluding tert-OH is 1. The van der Waals surface area contributed by atoms with E-state index in [1.165, 1.54) is 6.33 Å². The standard InChI is InChI=1S/C13H19N5O2/c19-7-8-20-12-9-11(15-10-16-12)18-6-2-5-17-4-1-3-14-13(17)18/h9-10,19H,1-8H2. The first-order valence-corrected chi connectivity index (χ1v) is 7.01. The zero-order valence-electron chi connectivity index (χ0n) is 11.4. The molecule has 0 spiro atoms. The molecule has 0 saturated carbocycles. The lowest BCUT2D eigenvalue weighted by Crippen LogP contribution is -2.52. The Hall–Kier alpha value is -1.89. The molecule has 1 aromatic heterocycles. The molecular weight excluding hydrogens is 258 g/mol. The van der Waals surface area contributed by atoms with Crippen LogP contribution in [0.3, 0.4) is 0 Å². The van der Waals surface area contributed by atoms with Gasteiger partial charge in [0.15, 0.2) is 0 Å². The van der Waals surface area contributed by atoms with Gasteiger partial charge in [-0.25, -0.2) is 9.97 Å². The van der Waals surface area contributed by atoms with E-state index in [0.717, 1.165) is 50.8 Å². The SMILES string of the molecule is OCCOc1cc(N2CCCN3CCCN=C32)ncn1. The number of aromatic nitrogens is 2. The summed E-state index contributed by atoms with van der Waals surface area (Å²) in [7, 11) is 0. The third kappa shape index (κ3) is 2.67. The Balaban J connectivity index is 1.82. The van der Waals surface area contributed by atoms with Crippen LogP contribution >= 0.6 is 0 Å². The van der Waals surface area contributed by atoms with Crippen molar-refractivity contribution in [2.45, 2.75) is 12.8 Å². The summed E-state index contributed by atoms with van der Waals surface area (Å²) >= 11 is 0. The fourth-order valence-electron chi connectivity index (χ4n) is 2.55. The van der Waals surface area contributed by atoms with Crippen molar-refractivity contribution in [3.8, 4) is 5.88 Å². The van der Waals surface area contributed by atoms with Gasteiger partial charge in [-0.05, 0) is 12.8 Å². The summed E-state index contributed by atoms with van der Waals surface area (Å²) in [5.41, 5.74) is 0. The second kappa shape index (κ2) is 6.04. The van der Waals surface area contributed by atoms with Crippen molar-refractivity contribution in [3.05, 3.63) is 12.4 Å². The molecule has 3 rings (SSSR count). The van der Waals surface area contributed by atoms with E-state index in [0.29, 0.717) is 5.88 Å². The van der Waals surface area contributed by atoms with Gasteiger partial charge in [-0.3, -0.25) is 9.89 Å². The smallest absolute Gasteiger partial charge is 0.218 e. The lowest BCUT2D eigenvalue weighted by atomic mass is 10.2. The molecule has 1 N–H and O–H groups in total. The Morgan fingerprint density at radius 1 is 1.20 bits per heavy atom. The topological polar surface area (TPSA) is 74.1 Å². The highest BCUT2D eigenvalue weighted by molar-refractivity contribution is 5.96. The number of fused-ring (bicyclic) bond motifs is 1. The number of nitrogens with zero attached hydrogens (tertiary/aromatic N) is 5. The first-order chi connectivity index (χ1) is 9.88. The van der Waals surface area contributed by atoms with Crippen LogP contribution in [0.4, 0.5) is 5.82 Å². The Morgan fingerprint density at radius 2 is 2.10 bits per heavy atom. The summed E-state index contributed by atoms with van der Waals surface area (Å²) in [4.78, 5) is 17.4. The van der Waals surface area contributed by atoms with Gasteiger partial charge < -0.3 is 14.7 Å². The van der Waals surface area contributed by atoms with Crippen LogP contribution in [-0.4, -0.2) is 65.3 Å². The summed E-state index contributed by atoms with van der Waals surface area (Å²) in [6, 6.07) is 1.80. The second-order valence-electron chi connectivity index (χ2n) is 4.81. The molecule has 7 nitrogen and oxygen atoms in total. The number of rotatable bonds is 4. The molecule has 1 aromatic rings.